The van der Waals surface area contributed by atoms with Gasteiger partial charge in [-0.25, -0.2) is 0 Å². The van der Waals surface area contributed by atoms with Gasteiger partial charge in [0.25, 0.3) is 0 Å². The van der Waals surface area contributed by atoms with Gasteiger partial charge in [-0.2, -0.15) is 11.3 Å². The van der Waals surface area contributed by atoms with Gasteiger partial charge in [-0.1, -0.05) is 0 Å². The maximum Gasteiger partial charge on any atom is 0.224 e. The van der Waals surface area contributed by atoms with E-state index in [9.17, 15) is 4.79 Å². The van der Waals surface area contributed by atoms with E-state index in [1.165, 1.54) is 18.4 Å². The van der Waals surface area contributed by atoms with E-state index in [4.69, 9.17) is 4.74 Å². The lowest BCUT2D eigenvalue weighted by Crippen LogP contribution is -2.42. The zero-order valence-corrected chi connectivity index (χ0v) is 12.6. The monoisotopic (exact) mass is 294 g/mol. The Labute approximate surface area is 124 Å². The van der Waals surface area contributed by atoms with Crippen LogP contribution in [0.2, 0.25) is 0 Å². The van der Waals surface area contributed by atoms with Crippen LogP contribution in [0.25, 0.3) is 0 Å². The molecule has 3 heterocycles. The van der Waals surface area contributed by atoms with E-state index in [1.807, 2.05) is 4.90 Å². The highest BCUT2D eigenvalue weighted by Crippen LogP contribution is 2.32. The Morgan fingerprint density at radius 3 is 2.95 bits per heavy atom. The molecule has 110 valence electrons. The van der Waals surface area contributed by atoms with Crippen LogP contribution in [0, 0.1) is 0 Å². The van der Waals surface area contributed by atoms with Crippen molar-refractivity contribution in [3.63, 3.8) is 0 Å². The summed E-state index contributed by atoms with van der Waals surface area (Å²) in [6.07, 6.45) is 3.11. The number of thiophene rings is 1. The van der Waals surface area contributed by atoms with Crippen molar-refractivity contribution in [2.75, 3.05) is 39.4 Å². The quantitative estimate of drug-likeness (QED) is 0.853. The fourth-order valence-corrected chi connectivity index (χ4v) is 3.85. The average molecular weight is 294 g/mol. The van der Waals surface area contributed by atoms with Gasteiger partial charge in [0.15, 0.2) is 0 Å². The summed E-state index contributed by atoms with van der Waals surface area (Å²) in [6, 6.07) is 2.75. The van der Waals surface area contributed by atoms with Crippen LogP contribution in [-0.2, 0) is 9.53 Å². The first kappa shape index (κ1) is 14.0. The molecule has 4 nitrogen and oxygen atoms in total. The molecule has 2 aliphatic rings. The Morgan fingerprint density at radius 2 is 2.20 bits per heavy atom. The molecule has 0 spiro atoms. The van der Waals surface area contributed by atoms with Gasteiger partial charge in [-0.05, 0) is 41.8 Å². The van der Waals surface area contributed by atoms with E-state index < -0.39 is 0 Å². The zero-order valence-electron chi connectivity index (χ0n) is 11.8. The van der Waals surface area contributed by atoms with Crippen LogP contribution in [0.1, 0.15) is 30.9 Å². The molecule has 0 unspecified atom stereocenters. The number of nitrogens with zero attached hydrogens (tertiary/aromatic N) is 2. The standard InChI is InChI=1S/C15H22N2O2S/c18-15(17-7-9-19-10-8-17)3-6-16-5-1-2-14(16)13-4-11-20-12-13/h4,11-12,14H,1-3,5-10H2/t14-/m0/s1. The first-order chi connectivity index (χ1) is 9.84. The van der Waals surface area contributed by atoms with Gasteiger partial charge in [0.2, 0.25) is 5.91 Å². The topological polar surface area (TPSA) is 32.8 Å². The SMILES string of the molecule is O=C(CCN1CCC[C@H]1c1ccsc1)N1CCOCC1. The van der Waals surface area contributed by atoms with E-state index in [-0.39, 0.29) is 5.91 Å². The normalized spacial score (nSPS) is 24.2. The fraction of sp³-hybridized carbons (Fsp3) is 0.667. The Morgan fingerprint density at radius 1 is 1.35 bits per heavy atom. The number of carbonyl (C=O) groups excluding carboxylic acids is 1. The van der Waals surface area contributed by atoms with Crippen molar-refractivity contribution in [1.82, 2.24) is 9.80 Å². The van der Waals surface area contributed by atoms with Crippen LogP contribution in [-0.4, -0.2) is 55.1 Å². The van der Waals surface area contributed by atoms with Gasteiger partial charge in [0.1, 0.15) is 0 Å². The molecule has 0 radical (unpaired) electrons. The molecule has 0 aliphatic carbocycles. The second kappa shape index (κ2) is 6.70. The molecule has 0 bridgehead atoms. The van der Waals surface area contributed by atoms with Crippen molar-refractivity contribution in [2.24, 2.45) is 0 Å². The van der Waals surface area contributed by atoms with Crippen molar-refractivity contribution in [2.45, 2.75) is 25.3 Å². The predicted octanol–water partition coefficient (Wildman–Crippen LogP) is 2.13. The van der Waals surface area contributed by atoms with E-state index in [0.29, 0.717) is 25.7 Å². The maximum absolute atomic E-state index is 12.2. The number of carbonyl (C=O) groups is 1. The average Bonchev–Trinajstić information content (AvgIpc) is 3.16. The van der Waals surface area contributed by atoms with Gasteiger partial charge in [-0.3, -0.25) is 9.69 Å². The Kier molecular flexibility index (Phi) is 4.70. The van der Waals surface area contributed by atoms with Crippen LogP contribution in [0.5, 0.6) is 0 Å². The number of morpholine rings is 1. The summed E-state index contributed by atoms with van der Waals surface area (Å²) in [6.45, 7) is 4.90. The molecule has 2 aliphatic heterocycles. The van der Waals surface area contributed by atoms with Crippen LogP contribution >= 0.6 is 11.3 Å². The number of hydrogen-bond acceptors (Lipinski definition) is 4. The summed E-state index contributed by atoms with van der Waals surface area (Å²) in [5.74, 6) is 0.282. The highest BCUT2D eigenvalue weighted by Gasteiger charge is 2.27. The Balaban J connectivity index is 1.51. The molecular weight excluding hydrogens is 272 g/mol. The minimum absolute atomic E-state index is 0.282. The van der Waals surface area contributed by atoms with Crippen molar-refractivity contribution >= 4 is 17.2 Å². The van der Waals surface area contributed by atoms with E-state index in [0.717, 1.165) is 26.2 Å². The van der Waals surface area contributed by atoms with Gasteiger partial charge < -0.3 is 9.64 Å². The van der Waals surface area contributed by atoms with Gasteiger partial charge in [0.05, 0.1) is 13.2 Å². The zero-order chi connectivity index (χ0) is 13.8. The van der Waals surface area contributed by atoms with Crippen LogP contribution < -0.4 is 0 Å². The predicted molar refractivity (Wildman–Crippen MR) is 79.9 cm³/mol. The molecule has 1 atom stereocenters. The third-order valence-electron chi connectivity index (χ3n) is 4.27. The molecule has 2 saturated heterocycles. The van der Waals surface area contributed by atoms with Gasteiger partial charge >= 0.3 is 0 Å². The van der Waals surface area contributed by atoms with Gasteiger partial charge in [-0.15, -0.1) is 0 Å². The lowest BCUT2D eigenvalue weighted by molar-refractivity contribution is -0.135. The second-order valence-electron chi connectivity index (χ2n) is 5.49. The van der Waals surface area contributed by atoms with Crippen LogP contribution in [0.3, 0.4) is 0 Å². The second-order valence-corrected chi connectivity index (χ2v) is 6.27. The first-order valence-corrected chi connectivity index (χ1v) is 8.40. The lowest BCUT2D eigenvalue weighted by Gasteiger charge is -2.29. The summed E-state index contributed by atoms with van der Waals surface area (Å²) >= 11 is 1.76. The van der Waals surface area contributed by atoms with Crippen molar-refractivity contribution in [3.05, 3.63) is 22.4 Å². The molecule has 2 fully saturated rings. The molecule has 0 saturated carbocycles. The molecule has 5 heteroatoms. The summed E-state index contributed by atoms with van der Waals surface area (Å²) < 4.78 is 5.29. The molecule has 0 N–H and O–H groups in total. The number of rotatable bonds is 4. The number of ether oxygens (including phenoxy) is 1. The molecule has 1 aromatic rings. The summed E-state index contributed by atoms with van der Waals surface area (Å²) in [7, 11) is 0. The van der Waals surface area contributed by atoms with E-state index in [2.05, 4.69) is 21.7 Å². The minimum Gasteiger partial charge on any atom is -0.378 e. The largest absolute Gasteiger partial charge is 0.378 e. The van der Waals surface area contributed by atoms with Crippen molar-refractivity contribution in [1.29, 1.82) is 0 Å². The maximum atomic E-state index is 12.2. The van der Waals surface area contributed by atoms with Gasteiger partial charge in [0, 0.05) is 32.1 Å². The van der Waals surface area contributed by atoms with E-state index >= 15 is 0 Å². The fourth-order valence-electron chi connectivity index (χ4n) is 3.15. The number of likely N-dealkylation sites (tertiary alicyclic amines) is 1. The third-order valence-corrected chi connectivity index (χ3v) is 4.97. The highest BCUT2D eigenvalue weighted by molar-refractivity contribution is 7.07. The molecule has 1 amide bonds. The Bertz CT molecular complexity index is 429. The molecule has 3 rings (SSSR count). The Hall–Kier alpha value is -0.910. The summed E-state index contributed by atoms with van der Waals surface area (Å²) in [5.41, 5.74) is 1.42. The number of hydrogen-bond donors (Lipinski definition) is 0. The summed E-state index contributed by atoms with van der Waals surface area (Å²) in [4.78, 5) is 16.6. The van der Waals surface area contributed by atoms with Crippen molar-refractivity contribution in [3.8, 4) is 0 Å². The molecule has 1 aromatic heterocycles. The lowest BCUT2D eigenvalue weighted by atomic mass is 10.1. The van der Waals surface area contributed by atoms with Crippen LogP contribution in [0.4, 0.5) is 0 Å². The molecule has 0 aromatic carbocycles. The molecular formula is C15H22N2O2S. The van der Waals surface area contributed by atoms with Crippen molar-refractivity contribution < 1.29 is 9.53 Å². The summed E-state index contributed by atoms with van der Waals surface area (Å²) in [5, 5.41) is 4.39. The minimum atomic E-state index is 0.282. The van der Waals surface area contributed by atoms with E-state index in [1.54, 1.807) is 11.3 Å². The smallest absolute Gasteiger partial charge is 0.224 e. The van der Waals surface area contributed by atoms with Crippen LogP contribution in [0.15, 0.2) is 16.8 Å². The number of amides is 1. The highest BCUT2D eigenvalue weighted by atomic mass is 32.1. The third kappa shape index (κ3) is 3.22. The molecule has 20 heavy (non-hydrogen) atoms. The first-order valence-electron chi connectivity index (χ1n) is 7.46.